The zero-order chi connectivity index (χ0) is 15.0. The van der Waals surface area contributed by atoms with Crippen LogP contribution < -0.4 is 0 Å². The van der Waals surface area contributed by atoms with Gasteiger partial charge in [0, 0.05) is 17.6 Å². The SMILES string of the molecule is CCCCCN(CCCCC)S(=O)(=O)c1sccc1Br. The van der Waals surface area contributed by atoms with Crippen LogP contribution in [0.25, 0.3) is 0 Å². The molecular formula is C14H24BrNO2S2. The van der Waals surface area contributed by atoms with Crippen molar-refractivity contribution in [3.8, 4) is 0 Å². The third-order valence-corrected chi connectivity index (χ3v) is 7.73. The van der Waals surface area contributed by atoms with Crippen LogP contribution in [0.15, 0.2) is 20.1 Å². The summed E-state index contributed by atoms with van der Waals surface area (Å²) >= 11 is 4.63. The van der Waals surface area contributed by atoms with Gasteiger partial charge in [0.2, 0.25) is 0 Å². The molecule has 0 aromatic carbocycles. The second kappa shape index (κ2) is 9.18. The van der Waals surface area contributed by atoms with Gasteiger partial charge in [-0.05, 0) is 40.2 Å². The molecule has 0 amide bonds. The Morgan fingerprint density at radius 2 is 1.65 bits per heavy atom. The van der Waals surface area contributed by atoms with Crippen molar-refractivity contribution >= 4 is 37.3 Å². The highest BCUT2D eigenvalue weighted by Crippen LogP contribution is 2.30. The second-order valence-electron chi connectivity index (χ2n) is 4.87. The van der Waals surface area contributed by atoms with Gasteiger partial charge in [-0.25, -0.2) is 8.42 Å². The van der Waals surface area contributed by atoms with E-state index in [2.05, 4.69) is 29.8 Å². The summed E-state index contributed by atoms with van der Waals surface area (Å²) in [6.07, 6.45) is 6.23. The molecule has 0 unspecified atom stereocenters. The number of hydrogen-bond donors (Lipinski definition) is 0. The summed E-state index contributed by atoms with van der Waals surface area (Å²) in [5, 5.41) is 1.81. The molecule has 3 nitrogen and oxygen atoms in total. The molecule has 0 saturated carbocycles. The van der Waals surface area contributed by atoms with Crippen molar-refractivity contribution in [1.29, 1.82) is 0 Å². The Labute approximate surface area is 135 Å². The summed E-state index contributed by atoms with van der Waals surface area (Å²) in [7, 11) is -3.34. The van der Waals surface area contributed by atoms with E-state index in [0.717, 1.165) is 38.5 Å². The zero-order valence-electron chi connectivity index (χ0n) is 12.3. The van der Waals surface area contributed by atoms with Crippen LogP contribution >= 0.6 is 27.3 Å². The molecule has 20 heavy (non-hydrogen) atoms. The number of nitrogens with zero attached hydrogens (tertiary/aromatic N) is 1. The van der Waals surface area contributed by atoms with Crippen LogP contribution in [0.1, 0.15) is 52.4 Å². The molecule has 1 rings (SSSR count). The minimum atomic E-state index is -3.34. The van der Waals surface area contributed by atoms with Gasteiger partial charge in [-0.15, -0.1) is 11.3 Å². The summed E-state index contributed by atoms with van der Waals surface area (Å²) in [5.41, 5.74) is 0. The minimum Gasteiger partial charge on any atom is -0.206 e. The number of rotatable bonds is 10. The van der Waals surface area contributed by atoms with Gasteiger partial charge in [0.15, 0.2) is 0 Å². The molecule has 0 bridgehead atoms. The number of hydrogen-bond acceptors (Lipinski definition) is 3. The van der Waals surface area contributed by atoms with E-state index in [1.807, 2.05) is 5.38 Å². The first-order valence-electron chi connectivity index (χ1n) is 7.27. The third kappa shape index (κ3) is 5.13. The van der Waals surface area contributed by atoms with E-state index in [0.29, 0.717) is 21.8 Å². The lowest BCUT2D eigenvalue weighted by Crippen LogP contribution is -2.32. The molecule has 0 aliphatic rings. The van der Waals surface area contributed by atoms with Gasteiger partial charge in [0.1, 0.15) is 4.21 Å². The van der Waals surface area contributed by atoms with Crippen LogP contribution in [0, 0.1) is 0 Å². The number of sulfonamides is 1. The third-order valence-electron chi connectivity index (χ3n) is 3.18. The van der Waals surface area contributed by atoms with Crippen molar-refractivity contribution in [2.45, 2.75) is 56.6 Å². The molecular weight excluding hydrogens is 358 g/mol. The molecule has 1 aromatic rings. The fourth-order valence-corrected chi connectivity index (χ4v) is 5.98. The predicted molar refractivity (Wildman–Crippen MR) is 89.8 cm³/mol. The number of halogens is 1. The van der Waals surface area contributed by atoms with Crippen molar-refractivity contribution in [2.24, 2.45) is 0 Å². The van der Waals surface area contributed by atoms with Crippen molar-refractivity contribution < 1.29 is 8.42 Å². The first kappa shape index (κ1) is 18.1. The van der Waals surface area contributed by atoms with Gasteiger partial charge < -0.3 is 0 Å². The van der Waals surface area contributed by atoms with Crippen LogP contribution in [-0.4, -0.2) is 25.8 Å². The highest BCUT2D eigenvalue weighted by molar-refractivity contribution is 9.10. The van der Waals surface area contributed by atoms with E-state index in [9.17, 15) is 8.42 Å². The summed E-state index contributed by atoms with van der Waals surface area (Å²) < 4.78 is 28.2. The maximum atomic E-state index is 12.7. The highest BCUT2D eigenvalue weighted by atomic mass is 79.9. The Hall–Kier alpha value is 0.0900. The molecule has 0 N–H and O–H groups in total. The lowest BCUT2D eigenvalue weighted by Gasteiger charge is -2.21. The van der Waals surface area contributed by atoms with E-state index in [1.165, 1.54) is 11.3 Å². The van der Waals surface area contributed by atoms with Crippen molar-refractivity contribution in [2.75, 3.05) is 13.1 Å². The van der Waals surface area contributed by atoms with Crippen LogP contribution in [0.3, 0.4) is 0 Å². The average molecular weight is 382 g/mol. The van der Waals surface area contributed by atoms with Gasteiger partial charge >= 0.3 is 0 Å². The smallest absolute Gasteiger partial charge is 0.206 e. The van der Waals surface area contributed by atoms with Gasteiger partial charge in [-0.1, -0.05) is 39.5 Å². The second-order valence-corrected chi connectivity index (χ2v) is 8.78. The summed E-state index contributed by atoms with van der Waals surface area (Å²) in [4.78, 5) is 0. The zero-order valence-corrected chi connectivity index (χ0v) is 15.5. The highest BCUT2D eigenvalue weighted by Gasteiger charge is 2.26. The molecule has 0 radical (unpaired) electrons. The molecule has 116 valence electrons. The Balaban J connectivity index is 2.81. The van der Waals surface area contributed by atoms with Crippen LogP contribution in [0.4, 0.5) is 0 Å². The summed E-state index contributed by atoms with van der Waals surface area (Å²) in [5.74, 6) is 0. The maximum absolute atomic E-state index is 12.7. The van der Waals surface area contributed by atoms with E-state index >= 15 is 0 Å². The van der Waals surface area contributed by atoms with Gasteiger partial charge in [-0.2, -0.15) is 4.31 Å². The lowest BCUT2D eigenvalue weighted by molar-refractivity contribution is 0.389. The van der Waals surface area contributed by atoms with E-state index in [1.54, 1.807) is 10.4 Å². The fraction of sp³-hybridized carbons (Fsp3) is 0.714. The molecule has 0 fully saturated rings. The van der Waals surface area contributed by atoms with Gasteiger partial charge in [0.25, 0.3) is 10.0 Å². The molecule has 0 saturated heterocycles. The lowest BCUT2D eigenvalue weighted by atomic mass is 10.2. The molecule has 0 aliphatic heterocycles. The van der Waals surface area contributed by atoms with E-state index in [4.69, 9.17) is 0 Å². The predicted octanol–water partition coefficient (Wildman–Crippen LogP) is 4.88. The van der Waals surface area contributed by atoms with Crippen LogP contribution in [0.2, 0.25) is 0 Å². The first-order chi connectivity index (χ1) is 9.54. The van der Waals surface area contributed by atoms with E-state index < -0.39 is 10.0 Å². The Kier molecular flexibility index (Phi) is 8.32. The van der Waals surface area contributed by atoms with Crippen LogP contribution in [0.5, 0.6) is 0 Å². The topological polar surface area (TPSA) is 37.4 Å². The normalized spacial score (nSPS) is 12.2. The largest absolute Gasteiger partial charge is 0.253 e. The minimum absolute atomic E-state index is 0.436. The maximum Gasteiger partial charge on any atom is 0.253 e. The number of unbranched alkanes of at least 4 members (excludes halogenated alkanes) is 4. The molecule has 0 spiro atoms. The quantitative estimate of drug-likeness (QED) is 0.541. The Morgan fingerprint density at radius 3 is 2.05 bits per heavy atom. The molecule has 6 heteroatoms. The molecule has 1 aromatic heterocycles. The average Bonchev–Trinajstić information content (AvgIpc) is 2.84. The van der Waals surface area contributed by atoms with E-state index in [-0.39, 0.29) is 0 Å². The standard InChI is InChI=1S/C14H24BrNO2S2/c1-3-5-7-10-16(11-8-6-4-2)20(17,18)14-13(15)9-12-19-14/h9,12H,3-8,10-11H2,1-2H3. The first-order valence-corrected chi connectivity index (χ1v) is 10.4. The molecule has 0 aliphatic carbocycles. The molecule has 1 heterocycles. The Morgan fingerprint density at radius 1 is 1.10 bits per heavy atom. The van der Waals surface area contributed by atoms with Gasteiger partial charge in [-0.3, -0.25) is 0 Å². The van der Waals surface area contributed by atoms with Crippen molar-refractivity contribution in [1.82, 2.24) is 4.31 Å². The molecule has 0 atom stereocenters. The Bertz CT molecular complexity index is 475. The number of thiophene rings is 1. The van der Waals surface area contributed by atoms with Crippen molar-refractivity contribution in [3.05, 3.63) is 15.9 Å². The summed E-state index contributed by atoms with van der Waals surface area (Å²) in [6.45, 7) is 5.52. The monoisotopic (exact) mass is 381 g/mol. The van der Waals surface area contributed by atoms with Crippen LogP contribution in [-0.2, 0) is 10.0 Å². The summed E-state index contributed by atoms with van der Waals surface area (Å²) in [6, 6.07) is 1.80. The fourth-order valence-electron chi connectivity index (χ4n) is 2.01. The van der Waals surface area contributed by atoms with Crippen molar-refractivity contribution in [3.63, 3.8) is 0 Å². The van der Waals surface area contributed by atoms with Gasteiger partial charge in [0.05, 0.1) is 0 Å².